The number of primary amides is 1. The van der Waals surface area contributed by atoms with Gasteiger partial charge in [0.25, 0.3) is 5.91 Å². The number of aryl methyl sites for hydroxylation is 1. The molecule has 0 aliphatic rings. The molecule has 0 fully saturated rings. The number of hydrogen-bond donors (Lipinski definition) is 2. The van der Waals surface area contributed by atoms with E-state index in [1.165, 1.54) is 6.92 Å². The van der Waals surface area contributed by atoms with E-state index in [2.05, 4.69) is 10.5 Å². The first-order valence-electron chi connectivity index (χ1n) is 7.32. The predicted molar refractivity (Wildman–Crippen MR) is 86.4 cm³/mol. The van der Waals surface area contributed by atoms with Crippen LogP contribution in [-0.4, -0.2) is 29.0 Å². The van der Waals surface area contributed by atoms with Gasteiger partial charge in [-0.25, -0.2) is 0 Å². The number of carboxylic acids is 1. The lowest BCUT2D eigenvalue weighted by Gasteiger charge is -2.19. The molecule has 1 atom stereocenters. The summed E-state index contributed by atoms with van der Waals surface area (Å²) in [6, 6.07) is 5.32. The molecule has 2 amide bonds. The third kappa shape index (κ3) is 4.36. The molecule has 0 aliphatic carbocycles. The van der Waals surface area contributed by atoms with Crippen LogP contribution in [0.3, 0.4) is 0 Å². The van der Waals surface area contributed by atoms with Crippen LogP contribution < -0.4 is 16.2 Å². The summed E-state index contributed by atoms with van der Waals surface area (Å²) in [5.74, 6) is -2.74. The maximum absolute atomic E-state index is 12.5. The van der Waals surface area contributed by atoms with Gasteiger partial charge in [0, 0.05) is 12.0 Å². The number of aliphatic carboxylic acids is 1. The smallest absolute Gasteiger partial charge is 0.257 e. The van der Waals surface area contributed by atoms with E-state index in [0.29, 0.717) is 10.6 Å². The number of carbonyl (C=O) groups excluding carboxylic acids is 3. The van der Waals surface area contributed by atoms with Gasteiger partial charge in [-0.05, 0) is 19.4 Å². The minimum atomic E-state index is -1.52. The minimum Gasteiger partial charge on any atom is -0.548 e. The van der Waals surface area contributed by atoms with E-state index in [9.17, 15) is 19.5 Å². The molecule has 0 radical (unpaired) electrons. The van der Waals surface area contributed by atoms with Gasteiger partial charge in [-0.2, -0.15) is 0 Å². The molecule has 9 heteroatoms. The Morgan fingerprint density at radius 1 is 1.36 bits per heavy atom. The summed E-state index contributed by atoms with van der Waals surface area (Å²) < 4.78 is 5.06. The number of rotatable bonds is 7. The molecule has 1 aromatic carbocycles. The molecule has 0 spiro atoms. The Morgan fingerprint density at radius 2 is 2.04 bits per heavy atom. The highest BCUT2D eigenvalue weighted by Crippen LogP contribution is 2.30. The van der Waals surface area contributed by atoms with Gasteiger partial charge < -0.3 is 25.5 Å². The number of nitrogens with two attached hydrogens (primary N) is 1. The Balaban J connectivity index is 2.30. The van der Waals surface area contributed by atoms with Crippen LogP contribution in [0.15, 0.2) is 28.8 Å². The normalized spacial score (nSPS) is 11.8. The highest BCUT2D eigenvalue weighted by molar-refractivity contribution is 6.33. The number of halogens is 1. The van der Waals surface area contributed by atoms with Crippen molar-refractivity contribution in [1.29, 1.82) is 0 Å². The molecule has 0 bridgehead atoms. The highest BCUT2D eigenvalue weighted by Gasteiger charge is 2.25. The van der Waals surface area contributed by atoms with Crippen LogP contribution in [-0.2, 0) is 9.59 Å². The highest BCUT2D eigenvalue weighted by atomic mass is 35.5. The molecule has 0 saturated carbocycles. The van der Waals surface area contributed by atoms with Crippen molar-refractivity contribution >= 4 is 29.4 Å². The number of amides is 2. The van der Waals surface area contributed by atoms with Crippen LogP contribution >= 0.6 is 11.6 Å². The van der Waals surface area contributed by atoms with E-state index < -0.39 is 23.8 Å². The molecule has 0 aliphatic heterocycles. The van der Waals surface area contributed by atoms with Gasteiger partial charge in [-0.3, -0.25) is 9.59 Å². The zero-order valence-electron chi connectivity index (χ0n) is 13.2. The number of nitrogens with zero attached hydrogens (tertiary/aromatic N) is 1. The van der Waals surface area contributed by atoms with E-state index in [1.807, 2.05) is 0 Å². The number of nitrogens with one attached hydrogen (secondary N) is 1. The summed E-state index contributed by atoms with van der Waals surface area (Å²) in [5.41, 5.74) is 5.71. The van der Waals surface area contributed by atoms with E-state index in [0.717, 1.165) is 0 Å². The van der Waals surface area contributed by atoms with Crippen molar-refractivity contribution < 1.29 is 24.0 Å². The summed E-state index contributed by atoms with van der Waals surface area (Å²) in [6.45, 7) is 1.51. The van der Waals surface area contributed by atoms with Gasteiger partial charge in [-0.1, -0.05) is 35.0 Å². The molecule has 1 aromatic heterocycles. The zero-order chi connectivity index (χ0) is 18.6. The van der Waals surface area contributed by atoms with Crippen molar-refractivity contribution in [3.63, 3.8) is 0 Å². The molecule has 25 heavy (non-hydrogen) atoms. The second-order valence-corrected chi connectivity index (χ2v) is 5.70. The van der Waals surface area contributed by atoms with Crippen LogP contribution in [0.5, 0.6) is 0 Å². The number of benzene rings is 1. The molecule has 3 N–H and O–H groups in total. The topological polar surface area (TPSA) is 138 Å². The van der Waals surface area contributed by atoms with E-state index in [1.54, 1.807) is 24.3 Å². The van der Waals surface area contributed by atoms with Crippen LogP contribution in [0.1, 0.15) is 29.0 Å². The maximum atomic E-state index is 12.5. The Labute approximate surface area is 147 Å². The summed E-state index contributed by atoms with van der Waals surface area (Å²) in [5, 5.41) is 17.7. The summed E-state index contributed by atoms with van der Waals surface area (Å²) in [6.07, 6.45) is -0.395. The van der Waals surface area contributed by atoms with Gasteiger partial charge in [0.05, 0.1) is 17.0 Å². The van der Waals surface area contributed by atoms with Gasteiger partial charge in [0.2, 0.25) is 5.91 Å². The second kappa shape index (κ2) is 7.80. The van der Waals surface area contributed by atoms with Gasteiger partial charge in [0.1, 0.15) is 17.0 Å². The Kier molecular flexibility index (Phi) is 5.76. The van der Waals surface area contributed by atoms with Crippen molar-refractivity contribution in [2.45, 2.75) is 25.8 Å². The summed E-state index contributed by atoms with van der Waals surface area (Å²) in [7, 11) is 0. The molecule has 2 rings (SSSR count). The molecule has 132 valence electrons. The van der Waals surface area contributed by atoms with Crippen molar-refractivity contribution in [2.75, 3.05) is 0 Å². The van der Waals surface area contributed by atoms with Crippen molar-refractivity contribution in [2.24, 2.45) is 5.73 Å². The molecule has 2 aromatic rings. The number of carbonyl (C=O) groups is 3. The Morgan fingerprint density at radius 3 is 2.64 bits per heavy atom. The first-order valence-corrected chi connectivity index (χ1v) is 7.70. The summed E-state index contributed by atoms with van der Waals surface area (Å²) >= 11 is 6.12. The lowest BCUT2D eigenvalue weighted by atomic mass is 10.0. The van der Waals surface area contributed by atoms with Gasteiger partial charge in [0.15, 0.2) is 0 Å². The maximum Gasteiger partial charge on any atom is 0.257 e. The number of aromatic nitrogens is 1. The predicted octanol–water partition coefficient (Wildman–Crippen LogP) is 0.417. The molecular weight excluding hydrogens is 350 g/mol. The molecule has 0 saturated heterocycles. The summed E-state index contributed by atoms with van der Waals surface area (Å²) in [4.78, 5) is 34.5. The second-order valence-electron chi connectivity index (χ2n) is 5.29. The molecular formula is C16H15ClN3O5-. The van der Waals surface area contributed by atoms with E-state index in [-0.39, 0.29) is 29.9 Å². The van der Waals surface area contributed by atoms with Crippen LogP contribution in [0, 0.1) is 6.92 Å². The third-order valence-electron chi connectivity index (χ3n) is 3.49. The number of hydrogen-bond acceptors (Lipinski definition) is 6. The SMILES string of the molecule is Cc1onc(-c2ccccc2Cl)c1C(=O)N[C@@H](CCC(N)=O)C(=O)[O-]. The zero-order valence-corrected chi connectivity index (χ0v) is 14.0. The number of carboxylic acid groups (broad SMARTS) is 1. The lowest BCUT2D eigenvalue weighted by molar-refractivity contribution is -0.308. The first kappa shape index (κ1) is 18.5. The van der Waals surface area contributed by atoms with Crippen molar-refractivity contribution in [1.82, 2.24) is 10.5 Å². The fourth-order valence-corrected chi connectivity index (χ4v) is 2.47. The molecule has 0 unspecified atom stereocenters. The lowest BCUT2D eigenvalue weighted by Crippen LogP contribution is -2.48. The minimum absolute atomic E-state index is 0.0541. The molecule has 8 nitrogen and oxygen atoms in total. The first-order chi connectivity index (χ1) is 11.8. The average molecular weight is 365 g/mol. The quantitative estimate of drug-likeness (QED) is 0.729. The standard InChI is InChI=1S/C16H16ClN3O5/c1-8-13(14(20-25-8)9-4-2-3-5-10(9)17)15(22)19-11(16(23)24)6-7-12(18)21/h2-5,11H,6-7H2,1H3,(H2,18,21)(H,19,22)(H,23,24)/p-1/t11-/m0/s1. The third-order valence-corrected chi connectivity index (χ3v) is 3.82. The Bertz CT molecular complexity index is 818. The van der Waals surface area contributed by atoms with Crippen LogP contribution in [0.25, 0.3) is 11.3 Å². The largest absolute Gasteiger partial charge is 0.548 e. The van der Waals surface area contributed by atoms with Crippen LogP contribution in [0.4, 0.5) is 0 Å². The van der Waals surface area contributed by atoms with E-state index in [4.69, 9.17) is 21.9 Å². The van der Waals surface area contributed by atoms with Crippen LogP contribution in [0.2, 0.25) is 5.02 Å². The molecule has 1 heterocycles. The Hall–Kier alpha value is -2.87. The van der Waals surface area contributed by atoms with Crippen molar-refractivity contribution in [3.05, 3.63) is 40.6 Å². The average Bonchev–Trinajstić information content (AvgIpc) is 2.92. The van der Waals surface area contributed by atoms with Gasteiger partial charge >= 0.3 is 0 Å². The fourth-order valence-electron chi connectivity index (χ4n) is 2.24. The van der Waals surface area contributed by atoms with Gasteiger partial charge in [-0.15, -0.1) is 0 Å². The fraction of sp³-hybridized carbons (Fsp3) is 0.250. The monoisotopic (exact) mass is 364 g/mol. The van der Waals surface area contributed by atoms with E-state index >= 15 is 0 Å². The van der Waals surface area contributed by atoms with Crippen molar-refractivity contribution in [3.8, 4) is 11.3 Å².